The summed E-state index contributed by atoms with van der Waals surface area (Å²) >= 11 is 0. The molecule has 0 saturated carbocycles. The molecule has 0 bridgehead atoms. The van der Waals surface area contributed by atoms with Gasteiger partial charge in [-0.3, -0.25) is 4.79 Å². The SMILES string of the molecule is COc1ccc(S(N)(=O)=O)cc1C(=O)NCC1Cc2ccccc2O1. The highest BCUT2D eigenvalue weighted by atomic mass is 32.2. The van der Waals surface area contributed by atoms with Crippen molar-refractivity contribution in [2.45, 2.75) is 17.4 Å². The molecule has 7 nitrogen and oxygen atoms in total. The Morgan fingerprint density at radius 1 is 1.32 bits per heavy atom. The Morgan fingerprint density at radius 3 is 2.76 bits per heavy atom. The minimum absolute atomic E-state index is 0.101. The van der Waals surface area contributed by atoms with Crippen LogP contribution in [0.1, 0.15) is 15.9 Å². The van der Waals surface area contributed by atoms with Gasteiger partial charge in [0, 0.05) is 6.42 Å². The van der Waals surface area contributed by atoms with E-state index in [9.17, 15) is 13.2 Å². The molecule has 3 rings (SSSR count). The number of carbonyl (C=O) groups is 1. The Hall–Kier alpha value is -2.58. The highest BCUT2D eigenvalue weighted by Crippen LogP contribution is 2.28. The Balaban J connectivity index is 1.71. The third-order valence-corrected chi connectivity index (χ3v) is 4.86. The molecule has 2 aromatic carbocycles. The van der Waals surface area contributed by atoms with Crippen LogP contribution >= 0.6 is 0 Å². The fraction of sp³-hybridized carbons (Fsp3) is 0.235. The predicted molar refractivity (Wildman–Crippen MR) is 91.3 cm³/mol. The molecule has 3 N–H and O–H groups in total. The average molecular weight is 362 g/mol. The Morgan fingerprint density at radius 2 is 2.08 bits per heavy atom. The lowest BCUT2D eigenvalue weighted by Gasteiger charge is -2.14. The molecule has 2 aromatic rings. The van der Waals surface area contributed by atoms with E-state index in [1.807, 2.05) is 24.3 Å². The maximum atomic E-state index is 12.5. The molecule has 0 aromatic heterocycles. The van der Waals surface area contributed by atoms with Gasteiger partial charge >= 0.3 is 0 Å². The second-order valence-corrected chi connectivity index (χ2v) is 7.23. The number of para-hydroxylation sites is 1. The maximum Gasteiger partial charge on any atom is 0.255 e. The number of methoxy groups -OCH3 is 1. The summed E-state index contributed by atoms with van der Waals surface area (Å²) in [5.74, 6) is 0.623. The number of fused-ring (bicyclic) bond motifs is 1. The summed E-state index contributed by atoms with van der Waals surface area (Å²) in [7, 11) is -2.51. The Bertz CT molecular complexity index is 886. The Kier molecular flexibility index (Phi) is 4.65. The van der Waals surface area contributed by atoms with Gasteiger partial charge in [0.05, 0.1) is 24.1 Å². The van der Waals surface area contributed by atoms with Crippen molar-refractivity contribution in [3.63, 3.8) is 0 Å². The molecule has 8 heteroatoms. The van der Waals surface area contributed by atoms with Gasteiger partial charge in [0.25, 0.3) is 5.91 Å². The zero-order valence-electron chi connectivity index (χ0n) is 13.6. The van der Waals surface area contributed by atoms with Gasteiger partial charge in [0.1, 0.15) is 17.6 Å². The normalized spacial score (nSPS) is 16.0. The van der Waals surface area contributed by atoms with E-state index < -0.39 is 15.9 Å². The second-order valence-electron chi connectivity index (χ2n) is 5.67. The number of amides is 1. The molecular weight excluding hydrogens is 344 g/mol. The fourth-order valence-electron chi connectivity index (χ4n) is 2.71. The summed E-state index contributed by atoms with van der Waals surface area (Å²) in [5.41, 5.74) is 1.19. The van der Waals surface area contributed by atoms with E-state index >= 15 is 0 Å². The van der Waals surface area contributed by atoms with Gasteiger partial charge in [0.2, 0.25) is 10.0 Å². The van der Waals surface area contributed by atoms with Crippen molar-refractivity contribution in [3.8, 4) is 11.5 Å². The summed E-state index contributed by atoms with van der Waals surface area (Å²) in [5, 5.41) is 7.87. The minimum atomic E-state index is -3.91. The number of sulfonamides is 1. The van der Waals surface area contributed by atoms with Crippen LogP contribution in [0.25, 0.3) is 0 Å². The van der Waals surface area contributed by atoms with E-state index in [2.05, 4.69) is 5.32 Å². The first-order valence-corrected chi connectivity index (χ1v) is 9.16. The first kappa shape index (κ1) is 17.2. The summed E-state index contributed by atoms with van der Waals surface area (Å²) in [6, 6.07) is 11.6. The molecule has 0 saturated heterocycles. The summed E-state index contributed by atoms with van der Waals surface area (Å²) < 4.78 is 33.9. The van der Waals surface area contributed by atoms with Crippen LogP contribution in [0.3, 0.4) is 0 Å². The smallest absolute Gasteiger partial charge is 0.255 e. The predicted octanol–water partition coefficient (Wildman–Crippen LogP) is 1.08. The van der Waals surface area contributed by atoms with Crippen LogP contribution in [0, 0.1) is 0 Å². The zero-order valence-corrected chi connectivity index (χ0v) is 14.4. The molecule has 0 spiro atoms. The number of nitrogens with two attached hydrogens (primary N) is 1. The molecule has 0 fully saturated rings. The van der Waals surface area contributed by atoms with E-state index in [-0.39, 0.29) is 28.9 Å². The van der Waals surface area contributed by atoms with Gasteiger partial charge < -0.3 is 14.8 Å². The van der Waals surface area contributed by atoms with Gasteiger partial charge in [-0.15, -0.1) is 0 Å². The molecule has 0 radical (unpaired) electrons. The minimum Gasteiger partial charge on any atom is -0.496 e. The molecule has 1 atom stereocenters. The number of hydrogen-bond acceptors (Lipinski definition) is 5. The van der Waals surface area contributed by atoms with E-state index in [0.717, 1.165) is 11.3 Å². The lowest BCUT2D eigenvalue weighted by atomic mass is 10.1. The fourth-order valence-corrected chi connectivity index (χ4v) is 3.25. The molecular formula is C17H18N2O5S. The molecule has 1 heterocycles. The van der Waals surface area contributed by atoms with Crippen molar-refractivity contribution in [3.05, 3.63) is 53.6 Å². The van der Waals surface area contributed by atoms with Crippen LogP contribution < -0.4 is 19.9 Å². The van der Waals surface area contributed by atoms with Gasteiger partial charge in [-0.2, -0.15) is 0 Å². The molecule has 1 aliphatic rings. The monoisotopic (exact) mass is 362 g/mol. The average Bonchev–Trinajstić information content (AvgIpc) is 3.01. The van der Waals surface area contributed by atoms with E-state index in [1.165, 1.54) is 25.3 Å². The third kappa shape index (κ3) is 3.75. The molecule has 25 heavy (non-hydrogen) atoms. The quantitative estimate of drug-likeness (QED) is 0.827. The number of hydrogen-bond donors (Lipinski definition) is 2. The first-order valence-electron chi connectivity index (χ1n) is 7.62. The van der Waals surface area contributed by atoms with Crippen molar-refractivity contribution in [2.24, 2.45) is 5.14 Å². The highest BCUT2D eigenvalue weighted by molar-refractivity contribution is 7.89. The van der Waals surface area contributed by atoms with Crippen LogP contribution in [0.4, 0.5) is 0 Å². The van der Waals surface area contributed by atoms with Gasteiger partial charge in [-0.25, -0.2) is 13.6 Å². The largest absolute Gasteiger partial charge is 0.496 e. The van der Waals surface area contributed by atoms with Crippen LogP contribution in [0.15, 0.2) is 47.4 Å². The highest BCUT2D eigenvalue weighted by Gasteiger charge is 2.24. The van der Waals surface area contributed by atoms with Crippen molar-refractivity contribution in [1.29, 1.82) is 0 Å². The standard InChI is InChI=1S/C17H18N2O5S/c1-23-16-7-6-13(25(18,21)22)9-14(16)17(20)19-10-12-8-11-4-2-3-5-15(11)24-12/h2-7,9,12H,8,10H2,1H3,(H,19,20)(H2,18,21,22). The molecule has 132 valence electrons. The zero-order chi connectivity index (χ0) is 18.0. The van der Waals surface area contributed by atoms with Gasteiger partial charge in [-0.1, -0.05) is 18.2 Å². The van der Waals surface area contributed by atoms with Crippen molar-refractivity contribution in [1.82, 2.24) is 5.32 Å². The lowest BCUT2D eigenvalue weighted by Crippen LogP contribution is -2.34. The van der Waals surface area contributed by atoms with E-state index in [4.69, 9.17) is 14.6 Å². The van der Waals surface area contributed by atoms with Gasteiger partial charge in [0.15, 0.2) is 0 Å². The number of primary sulfonamides is 1. The maximum absolute atomic E-state index is 12.5. The topological polar surface area (TPSA) is 108 Å². The van der Waals surface area contributed by atoms with E-state index in [1.54, 1.807) is 0 Å². The van der Waals surface area contributed by atoms with Crippen LogP contribution in [0.2, 0.25) is 0 Å². The number of rotatable bonds is 5. The number of carbonyl (C=O) groups excluding carboxylic acids is 1. The summed E-state index contributed by atoms with van der Waals surface area (Å²) in [6.45, 7) is 0.288. The van der Waals surface area contributed by atoms with Crippen molar-refractivity contribution >= 4 is 15.9 Å². The number of nitrogens with one attached hydrogen (secondary N) is 1. The summed E-state index contributed by atoms with van der Waals surface area (Å²) in [6.07, 6.45) is 0.527. The summed E-state index contributed by atoms with van der Waals surface area (Å²) in [4.78, 5) is 12.3. The third-order valence-electron chi connectivity index (χ3n) is 3.95. The second kappa shape index (κ2) is 6.73. The number of benzene rings is 2. The van der Waals surface area contributed by atoms with E-state index in [0.29, 0.717) is 6.42 Å². The van der Waals surface area contributed by atoms with Crippen molar-refractivity contribution < 1.29 is 22.7 Å². The first-order chi connectivity index (χ1) is 11.9. The van der Waals surface area contributed by atoms with Crippen molar-refractivity contribution in [2.75, 3.05) is 13.7 Å². The van der Waals surface area contributed by atoms with Crippen LogP contribution in [-0.2, 0) is 16.4 Å². The molecule has 1 aliphatic heterocycles. The molecule has 1 unspecified atom stereocenters. The van der Waals surface area contributed by atoms with Crippen LogP contribution in [-0.4, -0.2) is 34.1 Å². The van der Waals surface area contributed by atoms with Gasteiger partial charge in [-0.05, 0) is 29.8 Å². The molecule has 0 aliphatic carbocycles. The Labute approximate surface area is 145 Å². The number of ether oxygens (including phenoxy) is 2. The molecule has 1 amide bonds. The lowest BCUT2D eigenvalue weighted by molar-refractivity contribution is 0.0930. The van der Waals surface area contributed by atoms with Crippen LogP contribution in [0.5, 0.6) is 11.5 Å².